The summed E-state index contributed by atoms with van der Waals surface area (Å²) in [5, 5.41) is 3.10. The predicted octanol–water partition coefficient (Wildman–Crippen LogP) is 2.91. The van der Waals surface area contributed by atoms with Gasteiger partial charge in [0.25, 0.3) is 5.91 Å². The van der Waals surface area contributed by atoms with Gasteiger partial charge in [0.1, 0.15) is 0 Å². The number of esters is 3. The normalized spacial score (nSPS) is 10.3. The van der Waals surface area contributed by atoms with Gasteiger partial charge in [0.15, 0.2) is 6.61 Å². The summed E-state index contributed by atoms with van der Waals surface area (Å²) in [5.41, 5.74) is 1.79. The second-order valence-corrected chi connectivity index (χ2v) is 6.73. The number of fused-ring (bicyclic) bond motifs is 1. The van der Waals surface area contributed by atoms with E-state index >= 15 is 0 Å². The molecule has 3 rings (SSSR count). The summed E-state index contributed by atoms with van der Waals surface area (Å²) < 4.78 is 14.5. The highest BCUT2D eigenvalue weighted by Crippen LogP contribution is 2.20. The topological polar surface area (TPSA) is 121 Å². The van der Waals surface area contributed by atoms with Gasteiger partial charge in [-0.15, -0.1) is 0 Å². The van der Waals surface area contributed by atoms with Gasteiger partial charge in [-0.25, -0.2) is 14.4 Å². The number of methoxy groups -OCH3 is 2. The van der Waals surface area contributed by atoms with Crippen LogP contribution in [-0.2, 0) is 19.0 Å². The minimum atomic E-state index is -0.697. The van der Waals surface area contributed by atoms with Gasteiger partial charge >= 0.3 is 17.9 Å². The number of nitrogens with zero attached hydrogens (tertiary/aromatic N) is 1. The first-order valence-electron chi connectivity index (χ1n) is 9.47. The van der Waals surface area contributed by atoms with Crippen LogP contribution in [0, 0.1) is 6.92 Å². The molecule has 164 valence electrons. The first-order valence-corrected chi connectivity index (χ1v) is 9.47. The lowest BCUT2D eigenvalue weighted by Crippen LogP contribution is -2.21. The van der Waals surface area contributed by atoms with Crippen molar-refractivity contribution < 1.29 is 33.4 Å². The van der Waals surface area contributed by atoms with E-state index in [2.05, 4.69) is 19.8 Å². The molecule has 0 aliphatic carbocycles. The smallest absolute Gasteiger partial charge is 0.339 e. The van der Waals surface area contributed by atoms with Crippen LogP contribution in [0.3, 0.4) is 0 Å². The van der Waals surface area contributed by atoms with E-state index in [9.17, 15) is 19.2 Å². The standard InChI is InChI=1S/C23H20N2O7/c1-13-8-18(17-6-4-5-7-19(17)24-13)23(29)32-12-20(26)25-16-10-14(21(27)30-2)9-15(11-16)22(28)31-3/h4-11H,12H2,1-3H3,(H,25,26). The Labute approximate surface area is 183 Å². The summed E-state index contributed by atoms with van der Waals surface area (Å²) in [7, 11) is 2.38. The van der Waals surface area contributed by atoms with Gasteiger partial charge in [-0.05, 0) is 37.3 Å². The second-order valence-electron chi connectivity index (χ2n) is 6.73. The minimum Gasteiger partial charge on any atom is -0.465 e. The average Bonchev–Trinajstić information content (AvgIpc) is 2.80. The largest absolute Gasteiger partial charge is 0.465 e. The van der Waals surface area contributed by atoms with Gasteiger partial charge in [-0.2, -0.15) is 0 Å². The van der Waals surface area contributed by atoms with E-state index in [0.717, 1.165) is 0 Å². The number of pyridine rings is 1. The van der Waals surface area contributed by atoms with E-state index in [1.54, 1.807) is 31.2 Å². The van der Waals surface area contributed by atoms with Crippen LogP contribution >= 0.6 is 0 Å². The van der Waals surface area contributed by atoms with Crippen LogP contribution in [0.4, 0.5) is 5.69 Å². The Bertz CT molecular complexity index is 1190. The van der Waals surface area contributed by atoms with Crippen LogP contribution in [0.15, 0.2) is 48.5 Å². The third kappa shape index (κ3) is 5.07. The van der Waals surface area contributed by atoms with E-state index in [1.165, 1.54) is 32.4 Å². The fourth-order valence-electron chi connectivity index (χ4n) is 3.05. The fourth-order valence-corrected chi connectivity index (χ4v) is 3.05. The zero-order chi connectivity index (χ0) is 23.3. The number of para-hydroxylation sites is 1. The summed E-state index contributed by atoms with van der Waals surface area (Å²) >= 11 is 0. The van der Waals surface area contributed by atoms with Gasteiger partial charge in [-0.1, -0.05) is 18.2 Å². The molecule has 9 heteroatoms. The van der Waals surface area contributed by atoms with Crippen LogP contribution in [0.5, 0.6) is 0 Å². The molecule has 0 saturated heterocycles. The van der Waals surface area contributed by atoms with Gasteiger partial charge in [0.2, 0.25) is 0 Å². The first kappa shape index (κ1) is 22.4. The molecule has 1 N–H and O–H groups in total. The number of aromatic nitrogens is 1. The molecule has 0 saturated carbocycles. The number of aryl methyl sites for hydroxylation is 1. The molecule has 1 aromatic heterocycles. The Balaban J connectivity index is 1.74. The van der Waals surface area contributed by atoms with Crippen molar-refractivity contribution in [2.45, 2.75) is 6.92 Å². The van der Waals surface area contributed by atoms with Crippen molar-refractivity contribution in [3.8, 4) is 0 Å². The van der Waals surface area contributed by atoms with E-state index in [1.807, 2.05) is 6.07 Å². The van der Waals surface area contributed by atoms with Crippen LogP contribution in [0.25, 0.3) is 10.9 Å². The number of ether oxygens (including phenoxy) is 3. The van der Waals surface area contributed by atoms with Crippen LogP contribution in [0.1, 0.15) is 36.8 Å². The van der Waals surface area contributed by atoms with E-state index in [-0.39, 0.29) is 16.8 Å². The van der Waals surface area contributed by atoms with Crippen molar-refractivity contribution in [3.05, 3.63) is 70.9 Å². The van der Waals surface area contributed by atoms with Crippen molar-refractivity contribution >= 4 is 40.4 Å². The quantitative estimate of drug-likeness (QED) is 0.463. The summed E-state index contributed by atoms with van der Waals surface area (Å²) in [6.07, 6.45) is 0. The molecular weight excluding hydrogens is 416 g/mol. The Morgan fingerprint density at radius 2 is 1.50 bits per heavy atom. The highest BCUT2D eigenvalue weighted by molar-refractivity contribution is 6.05. The highest BCUT2D eigenvalue weighted by atomic mass is 16.5. The number of hydrogen-bond donors (Lipinski definition) is 1. The number of amides is 1. The molecule has 3 aromatic rings. The number of anilines is 1. The monoisotopic (exact) mass is 436 g/mol. The van der Waals surface area contributed by atoms with Crippen molar-refractivity contribution in [2.24, 2.45) is 0 Å². The van der Waals surface area contributed by atoms with Crippen LogP contribution < -0.4 is 5.32 Å². The second kappa shape index (κ2) is 9.69. The number of rotatable bonds is 6. The molecule has 0 aliphatic heterocycles. The van der Waals surface area contributed by atoms with E-state index in [0.29, 0.717) is 22.2 Å². The van der Waals surface area contributed by atoms with Gasteiger partial charge in [-0.3, -0.25) is 9.78 Å². The molecule has 0 atom stereocenters. The molecule has 0 fully saturated rings. The molecule has 1 amide bonds. The molecule has 0 radical (unpaired) electrons. The Kier molecular flexibility index (Phi) is 6.79. The molecule has 0 unspecified atom stereocenters. The third-order valence-electron chi connectivity index (χ3n) is 4.46. The molecular formula is C23H20N2O7. The highest BCUT2D eigenvalue weighted by Gasteiger charge is 2.17. The minimum absolute atomic E-state index is 0.0430. The summed E-state index contributed by atoms with van der Waals surface area (Å²) in [5.74, 6) is -2.73. The maximum absolute atomic E-state index is 12.6. The average molecular weight is 436 g/mol. The lowest BCUT2D eigenvalue weighted by molar-refractivity contribution is -0.119. The number of carbonyl (C=O) groups is 4. The molecule has 0 bridgehead atoms. The van der Waals surface area contributed by atoms with Crippen molar-refractivity contribution in [1.29, 1.82) is 0 Å². The summed E-state index contributed by atoms with van der Waals surface area (Å²) in [4.78, 5) is 53.0. The molecule has 32 heavy (non-hydrogen) atoms. The van der Waals surface area contributed by atoms with Gasteiger partial charge < -0.3 is 19.5 Å². The zero-order valence-electron chi connectivity index (χ0n) is 17.6. The number of nitrogens with one attached hydrogen (secondary N) is 1. The lowest BCUT2D eigenvalue weighted by atomic mass is 10.1. The Morgan fingerprint density at radius 3 is 2.12 bits per heavy atom. The van der Waals surface area contributed by atoms with Crippen molar-refractivity contribution in [1.82, 2.24) is 4.98 Å². The maximum atomic E-state index is 12.6. The number of hydrogen-bond acceptors (Lipinski definition) is 8. The fraction of sp³-hybridized carbons (Fsp3) is 0.174. The third-order valence-corrected chi connectivity index (χ3v) is 4.46. The molecule has 0 spiro atoms. The molecule has 2 aromatic carbocycles. The Morgan fingerprint density at radius 1 is 0.875 bits per heavy atom. The SMILES string of the molecule is COC(=O)c1cc(NC(=O)COC(=O)c2cc(C)nc3ccccc23)cc(C(=O)OC)c1. The van der Waals surface area contributed by atoms with Crippen LogP contribution in [0.2, 0.25) is 0 Å². The zero-order valence-corrected chi connectivity index (χ0v) is 17.6. The summed E-state index contributed by atoms with van der Waals surface area (Å²) in [6, 6.07) is 12.6. The van der Waals surface area contributed by atoms with Crippen LogP contribution in [-0.4, -0.2) is 49.6 Å². The van der Waals surface area contributed by atoms with Gasteiger partial charge in [0, 0.05) is 16.8 Å². The molecule has 0 aliphatic rings. The summed E-state index contributed by atoms with van der Waals surface area (Å²) in [6.45, 7) is 1.17. The predicted molar refractivity (Wildman–Crippen MR) is 115 cm³/mol. The Hall–Kier alpha value is -4.27. The maximum Gasteiger partial charge on any atom is 0.339 e. The first-order chi connectivity index (χ1) is 15.3. The van der Waals surface area contributed by atoms with Gasteiger partial charge in [0.05, 0.1) is 36.4 Å². The lowest BCUT2D eigenvalue weighted by Gasteiger charge is -2.11. The van der Waals surface area contributed by atoms with Crippen molar-refractivity contribution in [2.75, 3.05) is 26.1 Å². The number of benzene rings is 2. The van der Waals surface area contributed by atoms with E-state index in [4.69, 9.17) is 4.74 Å². The van der Waals surface area contributed by atoms with E-state index < -0.39 is 30.4 Å². The van der Waals surface area contributed by atoms with Crippen molar-refractivity contribution in [3.63, 3.8) is 0 Å². The number of carbonyl (C=O) groups excluding carboxylic acids is 4. The molecule has 9 nitrogen and oxygen atoms in total. The molecule has 1 heterocycles.